The molecule has 4 rings (SSSR count). The maximum Gasteiger partial charge on any atom is 0.257 e. The molecule has 27 heavy (non-hydrogen) atoms. The lowest BCUT2D eigenvalue weighted by Gasteiger charge is -2.13. The zero-order valence-electron chi connectivity index (χ0n) is 15.3. The molecule has 1 N–H and O–H groups in total. The molecule has 3 aromatic rings. The van der Waals surface area contributed by atoms with Crippen molar-refractivity contribution < 1.29 is 14.3 Å². The number of amides is 1. The molecule has 0 spiro atoms. The van der Waals surface area contributed by atoms with Crippen molar-refractivity contribution in [2.24, 2.45) is 0 Å². The first-order valence-corrected chi connectivity index (χ1v) is 8.82. The Kier molecular flexibility index (Phi) is 4.50. The number of ether oxygens (including phenoxy) is 2. The summed E-state index contributed by atoms with van der Waals surface area (Å²) < 4.78 is 10.9. The summed E-state index contributed by atoms with van der Waals surface area (Å²) in [4.78, 5) is 17.0. The predicted octanol–water partition coefficient (Wildman–Crippen LogP) is 4.25. The van der Waals surface area contributed by atoms with E-state index in [-0.39, 0.29) is 5.91 Å². The number of aryl methyl sites for hydroxylation is 1. The van der Waals surface area contributed by atoms with E-state index in [1.165, 1.54) is 5.56 Å². The Hall–Kier alpha value is -3.34. The van der Waals surface area contributed by atoms with Gasteiger partial charge in [-0.25, -0.2) is 0 Å². The van der Waals surface area contributed by atoms with Gasteiger partial charge < -0.3 is 14.8 Å². The van der Waals surface area contributed by atoms with Crippen LogP contribution in [0.2, 0.25) is 0 Å². The van der Waals surface area contributed by atoms with Gasteiger partial charge >= 0.3 is 0 Å². The zero-order valence-corrected chi connectivity index (χ0v) is 15.3. The van der Waals surface area contributed by atoms with Crippen LogP contribution in [0.5, 0.6) is 11.5 Å². The van der Waals surface area contributed by atoms with Crippen LogP contribution in [0.1, 0.15) is 21.5 Å². The van der Waals surface area contributed by atoms with E-state index in [0.717, 1.165) is 35.5 Å². The van der Waals surface area contributed by atoms with E-state index in [1.54, 1.807) is 19.5 Å². The van der Waals surface area contributed by atoms with Gasteiger partial charge in [0.2, 0.25) is 0 Å². The van der Waals surface area contributed by atoms with E-state index in [4.69, 9.17) is 9.47 Å². The van der Waals surface area contributed by atoms with Crippen LogP contribution >= 0.6 is 0 Å². The van der Waals surface area contributed by atoms with Crippen molar-refractivity contribution in [3.05, 3.63) is 71.5 Å². The molecular weight excluding hydrogens is 340 g/mol. The van der Waals surface area contributed by atoms with E-state index in [9.17, 15) is 4.79 Å². The third-order valence-corrected chi connectivity index (χ3v) is 4.72. The number of nitrogens with zero attached hydrogens (tertiary/aromatic N) is 1. The van der Waals surface area contributed by atoms with Gasteiger partial charge in [0.05, 0.1) is 25.0 Å². The quantitative estimate of drug-likeness (QED) is 0.755. The highest BCUT2D eigenvalue weighted by Gasteiger charge is 2.15. The third kappa shape index (κ3) is 3.36. The third-order valence-electron chi connectivity index (χ3n) is 4.72. The number of hydrogen-bond donors (Lipinski definition) is 1. The van der Waals surface area contributed by atoms with Gasteiger partial charge in [-0.15, -0.1) is 0 Å². The molecule has 0 aliphatic carbocycles. The van der Waals surface area contributed by atoms with Gasteiger partial charge in [-0.3, -0.25) is 9.78 Å². The van der Waals surface area contributed by atoms with Crippen molar-refractivity contribution in [3.8, 4) is 22.6 Å². The minimum absolute atomic E-state index is 0.221. The van der Waals surface area contributed by atoms with Gasteiger partial charge in [0.15, 0.2) is 0 Å². The summed E-state index contributed by atoms with van der Waals surface area (Å²) in [5.41, 5.74) is 5.21. The van der Waals surface area contributed by atoms with E-state index < -0.39 is 0 Å². The van der Waals surface area contributed by atoms with E-state index in [0.29, 0.717) is 17.0 Å². The predicted molar refractivity (Wildman–Crippen MR) is 105 cm³/mol. The molecule has 0 saturated carbocycles. The van der Waals surface area contributed by atoms with Crippen LogP contribution < -0.4 is 14.8 Å². The van der Waals surface area contributed by atoms with Crippen LogP contribution in [-0.2, 0) is 6.42 Å². The molecule has 0 saturated heterocycles. The molecule has 1 aromatic heterocycles. The molecule has 0 radical (unpaired) electrons. The fraction of sp³-hybridized carbons (Fsp3) is 0.182. The van der Waals surface area contributed by atoms with E-state index in [2.05, 4.69) is 16.4 Å². The minimum Gasteiger partial charge on any atom is -0.495 e. The number of anilines is 1. The second-order valence-electron chi connectivity index (χ2n) is 6.49. The number of hydrogen-bond acceptors (Lipinski definition) is 4. The Morgan fingerprint density at radius 2 is 2.04 bits per heavy atom. The summed E-state index contributed by atoms with van der Waals surface area (Å²) in [5, 5.41) is 2.94. The van der Waals surface area contributed by atoms with Crippen LogP contribution in [0.4, 0.5) is 5.69 Å². The standard InChI is InChI=1S/C22H20N2O3/c1-14-4-3-5-20(26-2)21(14)24-22(25)18-11-17(12-23-13-18)15-6-7-19-16(10-15)8-9-27-19/h3-7,10-13H,8-9H2,1-2H3,(H,24,25). The molecule has 0 atom stereocenters. The molecule has 1 aliphatic rings. The molecule has 0 bridgehead atoms. The van der Waals surface area contributed by atoms with Gasteiger partial charge in [-0.05, 0) is 47.9 Å². The van der Waals surface area contributed by atoms with Crippen molar-refractivity contribution in [2.75, 3.05) is 19.0 Å². The number of carbonyl (C=O) groups is 1. The molecule has 5 heteroatoms. The molecule has 2 heterocycles. The Labute approximate surface area is 158 Å². The van der Waals surface area contributed by atoms with E-state index >= 15 is 0 Å². The molecule has 0 unspecified atom stereocenters. The van der Waals surface area contributed by atoms with Gasteiger partial charge in [-0.1, -0.05) is 18.2 Å². The normalized spacial score (nSPS) is 12.2. The highest BCUT2D eigenvalue weighted by Crippen LogP contribution is 2.31. The molecule has 2 aromatic carbocycles. The first kappa shape index (κ1) is 17.1. The van der Waals surface area contributed by atoms with Crippen LogP contribution in [-0.4, -0.2) is 24.6 Å². The summed E-state index contributed by atoms with van der Waals surface area (Å²) in [6.07, 6.45) is 4.24. The Morgan fingerprint density at radius 1 is 1.15 bits per heavy atom. The summed E-state index contributed by atoms with van der Waals surface area (Å²) in [6, 6.07) is 13.6. The van der Waals surface area contributed by atoms with Crippen molar-refractivity contribution >= 4 is 11.6 Å². The second kappa shape index (κ2) is 7.11. The number of aromatic nitrogens is 1. The molecule has 5 nitrogen and oxygen atoms in total. The number of rotatable bonds is 4. The topological polar surface area (TPSA) is 60.5 Å². The lowest BCUT2D eigenvalue weighted by atomic mass is 10.0. The number of nitrogens with one attached hydrogen (secondary N) is 1. The first-order chi connectivity index (χ1) is 13.2. The smallest absolute Gasteiger partial charge is 0.257 e. The van der Waals surface area contributed by atoms with Crippen molar-refractivity contribution in [1.82, 2.24) is 4.98 Å². The molecular formula is C22H20N2O3. The summed E-state index contributed by atoms with van der Waals surface area (Å²) in [6.45, 7) is 2.65. The number of benzene rings is 2. The summed E-state index contributed by atoms with van der Waals surface area (Å²) in [5.74, 6) is 1.35. The number of methoxy groups -OCH3 is 1. The highest BCUT2D eigenvalue weighted by molar-refractivity contribution is 6.05. The zero-order chi connectivity index (χ0) is 18.8. The number of carbonyl (C=O) groups excluding carboxylic acids is 1. The maximum atomic E-state index is 12.8. The van der Waals surface area contributed by atoms with Crippen molar-refractivity contribution in [2.45, 2.75) is 13.3 Å². The average Bonchev–Trinajstić information content (AvgIpc) is 3.17. The van der Waals surface area contributed by atoms with Crippen LogP contribution in [0.3, 0.4) is 0 Å². The van der Waals surface area contributed by atoms with Crippen molar-refractivity contribution in [1.29, 1.82) is 0 Å². The number of pyridine rings is 1. The maximum absolute atomic E-state index is 12.8. The second-order valence-corrected chi connectivity index (χ2v) is 6.49. The van der Waals surface area contributed by atoms with E-state index in [1.807, 2.05) is 43.3 Å². The van der Waals surface area contributed by atoms with Gasteiger partial charge in [0.25, 0.3) is 5.91 Å². The van der Waals surface area contributed by atoms with Gasteiger partial charge in [0, 0.05) is 24.4 Å². The molecule has 136 valence electrons. The molecule has 0 fully saturated rings. The number of para-hydroxylation sites is 1. The summed E-state index contributed by atoms with van der Waals surface area (Å²) in [7, 11) is 1.59. The first-order valence-electron chi connectivity index (χ1n) is 8.82. The van der Waals surface area contributed by atoms with Gasteiger partial charge in [0.1, 0.15) is 11.5 Å². The van der Waals surface area contributed by atoms with Crippen molar-refractivity contribution in [3.63, 3.8) is 0 Å². The Balaban J connectivity index is 1.62. The highest BCUT2D eigenvalue weighted by atomic mass is 16.5. The fourth-order valence-electron chi connectivity index (χ4n) is 3.24. The number of fused-ring (bicyclic) bond motifs is 1. The minimum atomic E-state index is -0.221. The summed E-state index contributed by atoms with van der Waals surface area (Å²) >= 11 is 0. The lowest BCUT2D eigenvalue weighted by molar-refractivity contribution is 0.102. The fourth-order valence-corrected chi connectivity index (χ4v) is 3.24. The molecule has 1 aliphatic heterocycles. The lowest BCUT2D eigenvalue weighted by Crippen LogP contribution is -2.14. The van der Waals surface area contributed by atoms with Gasteiger partial charge in [-0.2, -0.15) is 0 Å². The largest absolute Gasteiger partial charge is 0.495 e. The monoisotopic (exact) mass is 360 g/mol. The van der Waals surface area contributed by atoms with Crippen LogP contribution in [0, 0.1) is 6.92 Å². The van der Waals surface area contributed by atoms with Crippen LogP contribution in [0.15, 0.2) is 54.9 Å². The average molecular weight is 360 g/mol. The Morgan fingerprint density at radius 3 is 2.89 bits per heavy atom. The Bertz CT molecular complexity index is 1010. The SMILES string of the molecule is COc1cccc(C)c1NC(=O)c1cncc(-c2ccc3c(c2)CCO3)c1. The molecule has 1 amide bonds. The van der Waals surface area contributed by atoms with Crippen LogP contribution in [0.25, 0.3) is 11.1 Å².